The smallest absolute Gasteiger partial charge is 0.378 e. The van der Waals surface area contributed by atoms with E-state index < -0.39 is 11.7 Å². The van der Waals surface area contributed by atoms with Gasteiger partial charge in [0.2, 0.25) is 0 Å². The number of ether oxygens (including phenoxy) is 1. The second kappa shape index (κ2) is 6.06. The molecule has 0 bridgehead atoms. The van der Waals surface area contributed by atoms with Crippen LogP contribution in [0.1, 0.15) is 48.6 Å². The molecule has 0 aromatic heterocycles. The van der Waals surface area contributed by atoms with Crippen LogP contribution < -0.4 is 5.32 Å². The predicted molar refractivity (Wildman–Crippen MR) is 90.3 cm³/mol. The van der Waals surface area contributed by atoms with E-state index in [9.17, 15) is 13.2 Å². The lowest BCUT2D eigenvalue weighted by atomic mass is 9.76. The normalized spacial score (nSPS) is 28.6. The third-order valence-electron chi connectivity index (χ3n) is 5.26. The van der Waals surface area contributed by atoms with Crippen molar-refractivity contribution in [1.29, 1.82) is 0 Å². The van der Waals surface area contributed by atoms with Gasteiger partial charge in [-0.3, -0.25) is 0 Å². The Morgan fingerprint density at radius 1 is 1.04 bits per heavy atom. The highest BCUT2D eigenvalue weighted by molar-refractivity contribution is 5.58. The molecule has 2 aliphatic rings. The van der Waals surface area contributed by atoms with Gasteiger partial charge in [0.05, 0.1) is 23.8 Å². The van der Waals surface area contributed by atoms with Crippen LogP contribution >= 0.6 is 0 Å². The number of hydrogen-bond donors (Lipinski definition) is 1. The molecule has 0 amide bonds. The van der Waals surface area contributed by atoms with Gasteiger partial charge in [0, 0.05) is 17.2 Å². The SMILES string of the molecule is C[C@H]1CC[C@@H]2[C@H](O1)c1cc(C(F)(F)F)ccc1N[C@H]2c1ccccc1. The van der Waals surface area contributed by atoms with Crippen molar-refractivity contribution < 1.29 is 17.9 Å². The molecule has 1 saturated heterocycles. The number of anilines is 1. The van der Waals surface area contributed by atoms with Crippen LogP contribution in [0, 0.1) is 5.92 Å². The summed E-state index contributed by atoms with van der Waals surface area (Å²) in [5.41, 5.74) is 1.88. The Labute approximate surface area is 145 Å². The van der Waals surface area contributed by atoms with Gasteiger partial charge in [0.25, 0.3) is 0 Å². The van der Waals surface area contributed by atoms with Crippen molar-refractivity contribution in [1.82, 2.24) is 0 Å². The molecule has 5 heteroatoms. The van der Waals surface area contributed by atoms with Crippen molar-refractivity contribution in [2.24, 2.45) is 5.92 Å². The Kier molecular flexibility index (Phi) is 3.99. The number of hydrogen-bond acceptors (Lipinski definition) is 2. The highest BCUT2D eigenvalue weighted by Gasteiger charge is 2.42. The summed E-state index contributed by atoms with van der Waals surface area (Å²) < 4.78 is 45.5. The number of benzene rings is 2. The van der Waals surface area contributed by atoms with Crippen LogP contribution in [0.5, 0.6) is 0 Å². The maximum atomic E-state index is 13.1. The molecule has 0 aliphatic carbocycles. The second-order valence-corrected chi connectivity index (χ2v) is 6.94. The van der Waals surface area contributed by atoms with Crippen LogP contribution in [-0.4, -0.2) is 6.10 Å². The van der Waals surface area contributed by atoms with Crippen LogP contribution in [0.25, 0.3) is 0 Å². The minimum atomic E-state index is -4.35. The highest BCUT2D eigenvalue weighted by Crippen LogP contribution is 2.51. The first kappa shape index (κ1) is 16.5. The number of rotatable bonds is 1. The molecule has 1 N–H and O–H groups in total. The van der Waals surface area contributed by atoms with E-state index in [1.807, 2.05) is 25.1 Å². The zero-order valence-corrected chi connectivity index (χ0v) is 13.9. The molecule has 0 unspecified atom stereocenters. The van der Waals surface area contributed by atoms with Gasteiger partial charge in [-0.25, -0.2) is 0 Å². The summed E-state index contributed by atoms with van der Waals surface area (Å²) in [7, 11) is 0. The van der Waals surface area contributed by atoms with E-state index in [1.54, 1.807) is 0 Å². The van der Waals surface area contributed by atoms with Gasteiger partial charge in [-0.15, -0.1) is 0 Å². The third kappa shape index (κ3) is 3.01. The Balaban J connectivity index is 1.78. The molecule has 0 radical (unpaired) electrons. The molecule has 2 aliphatic heterocycles. The van der Waals surface area contributed by atoms with Crippen molar-refractivity contribution >= 4 is 5.69 Å². The Hall–Kier alpha value is -2.01. The number of fused-ring (bicyclic) bond motifs is 3. The third-order valence-corrected chi connectivity index (χ3v) is 5.26. The molecule has 2 heterocycles. The minimum Gasteiger partial charge on any atom is -0.378 e. The molecule has 4 atom stereocenters. The quantitative estimate of drug-likeness (QED) is 0.711. The molecule has 0 saturated carbocycles. The van der Waals surface area contributed by atoms with Crippen LogP contribution in [0.4, 0.5) is 18.9 Å². The van der Waals surface area contributed by atoms with Crippen molar-refractivity contribution in [3.8, 4) is 0 Å². The van der Waals surface area contributed by atoms with Gasteiger partial charge in [-0.05, 0) is 43.5 Å². The summed E-state index contributed by atoms with van der Waals surface area (Å²) in [6, 6.07) is 14.0. The Morgan fingerprint density at radius 2 is 1.80 bits per heavy atom. The average molecular weight is 347 g/mol. The van der Waals surface area contributed by atoms with E-state index in [-0.39, 0.29) is 24.2 Å². The molecule has 2 aromatic carbocycles. The van der Waals surface area contributed by atoms with Gasteiger partial charge in [0.1, 0.15) is 0 Å². The van der Waals surface area contributed by atoms with E-state index in [0.717, 1.165) is 30.2 Å². The molecule has 4 rings (SSSR count). The van der Waals surface area contributed by atoms with Gasteiger partial charge < -0.3 is 10.1 Å². The summed E-state index contributed by atoms with van der Waals surface area (Å²) >= 11 is 0. The van der Waals surface area contributed by atoms with Gasteiger partial charge in [0.15, 0.2) is 0 Å². The van der Waals surface area contributed by atoms with Crippen molar-refractivity contribution in [2.75, 3.05) is 5.32 Å². The predicted octanol–water partition coefficient (Wildman–Crippen LogP) is 5.73. The van der Waals surface area contributed by atoms with E-state index in [1.165, 1.54) is 12.1 Å². The highest BCUT2D eigenvalue weighted by atomic mass is 19.4. The van der Waals surface area contributed by atoms with Crippen LogP contribution in [0.2, 0.25) is 0 Å². The standard InChI is InChI=1S/C20H20F3NO/c1-12-7-9-15-18(13-5-3-2-4-6-13)24-17-10-8-14(20(21,22)23)11-16(17)19(15)25-12/h2-6,8,10-12,15,18-19,24H,7,9H2,1H3/t12-,15-,18-,19-/m0/s1. The molecule has 0 spiro atoms. The summed E-state index contributed by atoms with van der Waals surface area (Å²) in [6.07, 6.45) is -2.76. The fourth-order valence-corrected chi connectivity index (χ4v) is 4.01. The second-order valence-electron chi connectivity index (χ2n) is 6.94. The zero-order valence-electron chi connectivity index (χ0n) is 13.9. The first-order valence-corrected chi connectivity index (χ1v) is 8.61. The molecule has 2 nitrogen and oxygen atoms in total. The molecular formula is C20H20F3NO. The Morgan fingerprint density at radius 3 is 2.52 bits per heavy atom. The van der Waals surface area contributed by atoms with Crippen LogP contribution in [0.15, 0.2) is 48.5 Å². The number of nitrogens with one attached hydrogen (secondary N) is 1. The summed E-state index contributed by atoms with van der Waals surface area (Å²) in [4.78, 5) is 0. The van der Waals surface area contributed by atoms with E-state index in [2.05, 4.69) is 17.4 Å². The van der Waals surface area contributed by atoms with Gasteiger partial charge in [-0.2, -0.15) is 13.2 Å². The molecular weight excluding hydrogens is 327 g/mol. The van der Waals surface area contributed by atoms with E-state index in [4.69, 9.17) is 4.74 Å². The molecule has 25 heavy (non-hydrogen) atoms. The first-order valence-electron chi connectivity index (χ1n) is 8.61. The van der Waals surface area contributed by atoms with Gasteiger partial charge in [-0.1, -0.05) is 30.3 Å². The average Bonchev–Trinajstić information content (AvgIpc) is 2.60. The number of halogens is 3. The lowest BCUT2D eigenvalue weighted by molar-refractivity contribution is -0.138. The lowest BCUT2D eigenvalue weighted by Gasteiger charge is -2.45. The largest absolute Gasteiger partial charge is 0.416 e. The fraction of sp³-hybridized carbons (Fsp3) is 0.400. The maximum Gasteiger partial charge on any atom is 0.416 e. The molecule has 132 valence electrons. The first-order chi connectivity index (χ1) is 11.9. The van der Waals surface area contributed by atoms with Crippen LogP contribution in [-0.2, 0) is 10.9 Å². The van der Waals surface area contributed by atoms with Crippen molar-refractivity contribution in [2.45, 2.75) is 44.2 Å². The minimum absolute atomic E-state index is 0.0444. The van der Waals surface area contributed by atoms with Crippen molar-refractivity contribution in [3.63, 3.8) is 0 Å². The summed E-state index contributed by atoms with van der Waals surface area (Å²) in [5, 5.41) is 3.46. The summed E-state index contributed by atoms with van der Waals surface area (Å²) in [5.74, 6) is 0.120. The number of alkyl halides is 3. The maximum absolute atomic E-state index is 13.1. The summed E-state index contributed by atoms with van der Waals surface area (Å²) in [6.45, 7) is 1.99. The Bertz CT molecular complexity index is 759. The topological polar surface area (TPSA) is 21.3 Å². The molecule has 1 fully saturated rings. The lowest BCUT2D eigenvalue weighted by Crippen LogP contribution is -2.38. The van der Waals surface area contributed by atoms with Crippen molar-refractivity contribution in [3.05, 3.63) is 65.2 Å². The fourth-order valence-electron chi connectivity index (χ4n) is 4.01. The van der Waals surface area contributed by atoms with Crippen LogP contribution in [0.3, 0.4) is 0 Å². The van der Waals surface area contributed by atoms with E-state index in [0.29, 0.717) is 5.56 Å². The monoisotopic (exact) mass is 347 g/mol. The van der Waals surface area contributed by atoms with Gasteiger partial charge >= 0.3 is 6.18 Å². The zero-order chi connectivity index (χ0) is 17.6. The van der Waals surface area contributed by atoms with E-state index >= 15 is 0 Å². The molecule has 2 aromatic rings.